The van der Waals surface area contributed by atoms with Crippen LogP contribution in [0, 0.1) is 6.92 Å². The fraction of sp³-hybridized carbons (Fsp3) is 0.238. The molecule has 7 heteroatoms. The predicted molar refractivity (Wildman–Crippen MR) is 115 cm³/mol. The molecule has 0 fully saturated rings. The van der Waals surface area contributed by atoms with E-state index in [0.29, 0.717) is 17.3 Å². The number of carbonyl (C=O) groups excluding carboxylic acids is 1. The number of halogens is 2. The van der Waals surface area contributed by atoms with Gasteiger partial charge in [0.15, 0.2) is 6.29 Å². The summed E-state index contributed by atoms with van der Waals surface area (Å²) in [6.45, 7) is 2.89. The number of ether oxygens (including phenoxy) is 1. The lowest BCUT2D eigenvalue weighted by molar-refractivity contribution is 0.111. The third-order valence-corrected chi connectivity index (χ3v) is 4.89. The fourth-order valence-electron chi connectivity index (χ4n) is 2.70. The second-order valence-corrected chi connectivity index (χ2v) is 6.98. The molecule has 0 spiro atoms. The summed E-state index contributed by atoms with van der Waals surface area (Å²) in [5, 5.41) is 1.12. The van der Waals surface area contributed by atoms with Gasteiger partial charge in [-0.3, -0.25) is 4.79 Å². The molecule has 0 aliphatic heterocycles. The zero-order chi connectivity index (χ0) is 20.7. The molecular formula is C21H23Cl2N3O2. The first kappa shape index (κ1) is 21.8. The molecule has 1 heterocycles. The van der Waals surface area contributed by atoms with Crippen LogP contribution in [0.25, 0.3) is 0 Å². The maximum absolute atomic E-state index is 10.1. The molecule has 0 saturated carbocycles. The second kappa shape index (κ2) is 10.2. The van der Waals surface area contributed by atoms with Gasteiger partial charge in [-0.1, -0.05) is 35.9 Å². The molecular weight excluding hydrogens is 397 g/mol. The highest BCUT2D eigenvalue weighted by Gasteiger charge is 2.09. The van der Waals surface area contributed by atoms with E-state index in [-0.39, 0.29) is 0 Å². The number of hydrogen-bond donors (Lipinski definition) is 0. The van der Waals surface area contributed by atoms with Gasteiger partial charge in [0, 0.05) is 20.6 Å². The number of hydrogen-bond acceptors (Lipinski definition) is 4. The van der Waals surface area contributed by atoms with Crippen molar-refractivity contribution in [2.75, 3.05) is 19.1 Å². The number of aldehydes is 1. The smallest absolute Gasteiger partial charge is 0.202 e. The van der Waals surface area contributed by atoms with E-state index in [1.165, 1.54) is 21.9 Å². The molecule has 2 aromatic carbocycles. The summed E-state index contributed by atoms with van der Waals surface area (Å²) >= 11 is 11.8. The minimum Gasteiger partial charge on any atom is -0.497 e. The number of methoxy groups -OCH3 is 1. The normalized spacial score (nSPS) is 10.1. The van der Waals surface area contributed by atoms with Crippen molar-refractivity contribution in [1.29, 1.82) is 0 Å². The zero-order valence-electron chi connectivity index (χ0n) is 16.3. The number of aryl methyl sites for hydroxylation is 1. The molecule has 0 saturated heterocycles. The average molecular weight is 420 g/mol. The van der Waals surface area contributed by atoms with E-state index < -0.39 is 0 Å². The van der Waals surface area contributed by atoms with E-state index in [1.54, 1.807) is 14.2 Å². The van der Waals surface area contributed by atoms with Gasteiger partial charge in [0.05, 0.1) is 24.0 Å². The molecule has 0 unspecified atom stereocenters. The van der Waals surface area contributed by atoms with E-state index >= 15 is 0 Å². The van der Waals surface area contributed by atoms with E-state index in [2.05, 4.69) is 42.1 Å². The van der Waals surface area contributed by atoms with Crippen LogP contribution in [-0.4, -0.2) is 30.0 Å². The third-order valence-electron chi connectivity index (χ3n) is 4.24. The summed E-state index contributed by atoms with van der Waals surface area (Å²) in [5.41, 5.74) is 3.98. The summed E-state index contributed by atoms with van der Waals surface area (Å²) in [6, 6.07) is 14.1. The van der Waals surface area contributed by atoms with Crippen LogP contribution in [0.15, 0.2) is 48.7 Å². The molecule has 0 atom stereocenters. The first-order valence-electron chi connectivity index (χ1n) is 8.59. The molecule has 3 aromatic rings. The van der Waals surface area contributed by atoms with E-state index in [4.69, 9.17) is 27.9 Å². The molecule has 0 aliphatic carbocycles. The number of para-hydroxylation sites is 1. The summed E-state index contributed by atoms with van der Waals surface area (Å²) in [7, 11) is 5.41. The Bertz CT molecular complexity index is 904. The highest BCUT2D eigenvalue weighted by Crippen LogP contribution is 2.29. The van der Waals surface area contributed by atoms with Gasteiger partial charge < -0.3 is 14.2 Å². The first-order valence-corrected chi connectivity index (χ1v) is 9.34. The highest BCUT2D eigenvalue weighted by atomic mass is 35.5. The maximum Gasteiger partial charge on any atom is 0.202 e. The van der Waals surface area contributed by atoms with Gasteiger partial charge in [0.1, 0.15) is 11.4 Å². The van der Waals surface area contributed by atoms with Gasteiger partial charge in [0.2, 0.25) is 5.28 Å². The maximum atomic E-state index is 10.1. The zero-order valence-corrected chi connectivity index (χ0v) is 17.8. The number of anilines is 1. The van der Waals surface area contributed by atoms with Crippen molar-refractivity contribution in [3.63, 3.8) is 0 Å². The highest BCUT2D eigenvalue weighted by molar-refractivity contribution is 6.33. The average Bonchev–Trinajstić information content (AvgIpc) is 3.01. The minimum atomic E-state index is 0.331. The van der Waals surface area contributed by atoms with Crippen molar-refractivity contribution < 1.29 is 9.53 Å². The Kier molecular flexibility index (Phi) is 7.91. The predicted octanol–water partition coefficient (Wildman–Crippen LogP) is 5.18. The Morgan fingerprint density at radius 1 is 1.18 bits per heavy atom. The number of rotatable bonds is 5. The van der Waals surface area contributed by atoms with Crippen LogP contribution >= 0.6 is 23.2 Å². The fourth-order valence-corrected chi connectivity index (χ4v) is 3.21. The van der Waals surface area contributed by atoms with Crippen molar-refractivity contribution in [1.82, 2.24) is 9.55 Å². The molecule has 0 N–H and O–H groups in total. The van der Waals surface area contributed by atoms with E-state index in [1.807, 2.05) is 24.3 Å². The lowest BCUT2D eigenvalue weighted by Gasteiger charge is -2.23. The molecule has 0 amide bonds. The van der Waals surface area contributed by atoms with Crippen LogP contribution in [0.3, 0.4) is 0 Å². The van der Waals surface area contributed by atoms with Crippen LogP contribution in [0.5, 0.6) is 5.75 Å². The summed E-state index contributed by atoms with van der Waals surface area (Å²) < 4.78 is 6.67. The minimum absolute atomic E-state index is 0.331. The SMILES string of the molecule is COc1ccc(CN(C)c2c(C)cccc2Cl)cc1.Cn1c(C=O)cnc1Cl. The van der Waals surface area contributed by atoms with Gasteiger partial charge in [-0.15, -0.1) is 0 Å². The third kappa shape index (κ3) is 5.50. The van der Waals surface area contributed by atoms with Gasteiger partial charge in [-0.2, -0.15) is 0 Å². The molecule has 0 radical (unpaired) electrons. The lowest BCUT2D eigenvalue weighted by Crippen LogP contribution is -2.17. The standard InChI is InChI=1S/C16H18ClNO.C5H5ClN2O/c1-12-5-4-6-15(17)16(12)18(2)11-13-7-9-14(19-3)10-8-13;1-8-4(3-9)2-7-5(8)6/h4-10H,11H2,1-3H3;2-3H,1H3. The van der Waals surface area contributed by atoms with Crippen LogP contribution < -0.4 is 9.64 Å². The molecule has 0 bridgehead atoms. The molecule has 5 nitrogen and oxygen atoms in total. The molecule has 1 aromatic heterocycles. The molecule has 28 heavy (non-hydrogen) atoms. The number of imidazole rings is 1. The van der Waals surface area contributed by atoms with Crippen LogP contribution in [0.1, 0.15) is 21.6 Å². The van der Waals surface area contributed by atoms with Crippen molar-refractivity contribution >= 4 is 35.2 Å². The van der Waals surface area contributed by atoms with Gasteiger partial charge in [-0.05, 0) is 47.9 Å². The van der Waals surface area contributed by atoms with E-state index in [9.17, 15) is 4.79 Å². The Labute approximate surface area is 175 Å². The molecule has 3 rings (SSSR count). The Balaban J connectivity index is 0.000000261. The summed E-state index contributed by atoms with van der Waals surface area (Å²) in [6.07, 6.45) is 2.13. The van der Waals surface area contributed by atoms with Crippen LogP contribution in [0.2, 0.25) is 10.3 Å². The van der Waals surface area contributed by atoms with Crippen molar-refractivity contribution in [2.45, 2.75) is 13.5 Å². The van der Waals surface area contributed by atoms with Crippen molar-refractivity contribution in [3.8, 4) is 5.75 Å². The van der Waals surface area contributed by atoms with Gasteiger partial charge in [-0.25, -0.2) is 4.98 Å². The first-order chi connectivity index (χ1) is 13.4. The molecule has 148 valence electrons. The summed E-state index contributed by atoms with van der Waals surface area (Å²) in [4.78, 5) is 16.0. The second-order valence-electron chi connectivity index (χ2n) is 6.24. The number of aromatic nitrogens is 2. The molecule has 0 aliphatic rings. The Morgan fingerprint density at radius 2 is 1.86 bits per heavy atom. The monoisotopic (exact) mass is 419 g/mol. The largest absolute Gasteiger partial charge is 0.497 e. The van der Waals surface area contributed by atoms with Crippen LogP contribution in [0.4, 0.5) is 5.69 Å². The quantitative estimate of drug-likeness (QED) is 0.534. The lowest BCUT2D eigenvalue weighted by atomic mass is 10.1. The van der Waals surface area contributed by atoms with Crippen LogP contribution in [-0.2, 0) is 13.6 Å². The Morgan fingerprint density at radius 3 is 2.32 bits per heavy atom. The Hall–Kier alpha value is -2.50. The van der Waals surface area contributed by atoms with Crippen molar-refractivity contribution in [3.05, 3.63) is 75.8 Å². The summed E-state index contributed by atoms with van der Waals surface area (Å²) in [5.74, 6) is 0.875. The number of carbonyl (C=O) groups is 1. The number of nitrogens with zero attached hydrogens (tertiary/aromatic N) is 3. The van der Waals surface area contributed by atoms with Gasteiger partial charge in [0.25, 0.3) is 0 Å². The van der Waals surface area contributed by atoms with Gasteiger partial charge >= 0.3 is 0 Å². The van der Waals surface area contributed by atoms with Crippen molar-refractivity contribution in [2.24, 2.45) is 7.05 Å². The van der Waals surface area contributed by atoms with E-state index in [0.717, 1.165) is 23.0 Å². The number of benzene rings is 2. The topological polar surface area (TPSA) is 47.4 Å².